The van der Waals surface area contributed by atoms with Gasteiger partial charge in [0.1, 0.15) is 0 Å². The molecule has 0 N–H and O–H groups in total. The molecule has 1 aromatic rings. The van der Waals surface area contributed by atoms with Crippen LogP contribution in [-0.2, 0) is 19.4 Å². The minimum Gasteiger partial charge on any atom is -0.339 e. The first-order chi connectivity index (χ1) is 12.7. The second-order valence-corrected chi connectivity index (χ2v) is 9.31. The average Bonchev–Trinajstić information content (AvgIpc) is 2.64. The molecule has 0 bridgehead atoms. The minimum atomic E-state index is -3.47. The van der Waals surface area contributed by atoms with Crippen LogP contribution in [0.1, 0.15) is 18.4 Å². The topological polar surface area (TPSA) is 78.0 Å². The molecule has 8 heteroatoms. The molecule has 1 aliphatic heterocycles. The number of benzene rings is 1. The molecule has 27 heavy (non-hydrogen) atoms. The van der Waals surface area contributed by atoms with E-state index in [2.05, 4.69) is 0 Å². The summed E-state index contributed by atoms with van der Waals surface area (Å²) in [5, 5.41) is 0. The first-order valence-corrected chi connectivity index (χ1v) is 10.8. The smallest absolute Gasteiger partial charge is 0.223 e. The van der Waals surface area contributed by atoms with Gasteiger partial charge in [-0.2, -0.15) is 0 Å². The second kappa shape index (κ2) is 9.32. The summed E-state index contributed by atoms with van der Waals surface area (Å²) in [6.45, 7) is 4.51. The SMILES string of the molecule is Cc1ccc(S(=O)(=O)CCC(=O)N2CCN(C(=O)CCN(C)C)CC2)cc1. The Morgan fingerprint density at radius 1 is 0.926 bits per heavy atom. The molecule has 0 unspecified atom stereocenters. The van der Waals surface area contributed by atoms with E-state index in [0.717, 1.165) is 5.56 Å². The van der Waals surface area contributed by atoms with E-state index in [1.54, 1.807) is 34.1 Å². The van der Waals surface area contributed by atoms with Crippen molar-refractivity contribution in [3.8, 4) is 0 Å². The number of sulfone groups is 1. The van der Waals surface area contributed by atoms with Crippen LogP contribution in [0.25, 0.3) is 0 Å². The molecule has 2 amide bonds. The van der Waals surface area contributed by atoms with Crippen molar-refractivity contribution in [2.75, 3.05) is 52.6 Å². The zero-order valence-corrected chi connectivity index (χ0v) is 17.2. The van der Waals surface area contributed by atoms with Gasteiger partial charge in [0, 0.05) is 45.6 Å². The van der Waals surface area contributed by atoms with Crippen molar-refractivity contribution in [2.45, 2.75) is 24.7 Å². The average molecular weight is 396 g/mol. The van der Waals surface area contributed by atoms with Gasteiger partial charge in [0.05, 0.1) is 10.6 Å². The van der Waals surface area contributed by atoms with Crippen LogP contribution in [0.5, 0.6) is 0 Å². The van der Waals surface area contributed by atoms with E-state index in [1.165, 1.54) is 0 Å². The Kier molecular flexibility index (Phi) is 7.38. The third-order valence-electron chi connectivity index (χ3n) is 4.72. The van der Waals surface area contributed by atoms with Crippen molar-refractivity contribution in [3.63, 3.8) is 0 Å². The van der Waals surface area contributed by atoms with Crippen molar-refractivity contribution in [3.05, 3.63) is 29.8 Å². The van der Waals surface area contributed by atoms with Gasteiger partial charge in [-0.3, -0.25) is 9.59 Å². The minimum absolute atomic E-state index is 0.0369. The Morgan fingerprint density at radius 2 is 1.41 bits per heavy atom. The molecular formula is C19H29N3O4S. The van der Waals surface area contributed by atoms with Crippen molar-refractivity contribution in [2.24, 2.45) is 0 Å². The molecule has 0 radical (unpaired) electrons. The molecule has 2 rings (SSSR count). The maximum Gasteiger partial charge on any atom is 0.223 e. The molecule has 0 aliphatic carbocycles. The molecule has 150 valence electrons. The van der Waals surface area contributed by atoms with Crippen LogP contribution in [-0.4, -0.2) is 87.5 Å². The van der Waals surface area contributed by atoms with Gasteiger partial charge in [-0.15, -0.1) is 0 Å². The Balaban J connectivity index is 1.80. The zero-order valence-electron chi connectivity index (χ0n) is 16.3. The normalized spacial score (nSPS) is 15.3. The van der Waals surface area contributed by atoms with Gasteiger partial charge in [0.25, 0.3) is 0 Å². The van der Waals surface area contributed by atoms with E-state index >= 15 is 0 Å². The largest absolute Gasteiger partial charge is 0.339 e. The number of amides is 2. The molecule has 1 saturated heterocycles. The predicted octanol–water partition coefficient (Wildman–Crippen LogP) is 0.781. The van der Waals surface area contributed by atoms with Gasteiger partial charge in [0.15, 0.2) is 9.84 Å². The first kappa shape index (κ1) is 21.4. The maximum atomic E-state index is 12.4. The first-order valence-electron chi connectivity index (χ1n) is 9.19. The molecule has 1 fully saturated rings. The lowest BCUT2D eigenvalue weighted by Gasteiger charge is -2.35. The highest BCUT2D eigenvalue weighted by Crippen LogP contribution is 2.14. The summed E-state index contributed by atoms with van der Waals surface area (Å²) < 4.78 is 24.7. The van der Waals surface area contributed by atoms with Crippen LogP contribution in [0.15, 0.2) is 29.2 Å². The number of aryl methyl sites for hydroxylation is 1. The van der Waals surface area contributed by atoms with Crippen LogP contribution in [0.3, 0.4) is 0 Å². The van der Waals surface area contributed by atoms with Crippen LogP contribution >= 0.6 is 0 Å². The van der Waals surface area contributed by atoms with Crippen LogP contribution < -0.4 is 0 Å². The van der Waals surface area contributed by atoms with E-state index in [9.17, 15) is 18.0 Å². The molecule has 1 aromatic carbocycles. The van der Waals surface area contributed by atoms with Crippen molar-refractivity contribution >= 4 is 21.7 Å². The Labute approximate surface area is 161 Å². The molecule has 0 atom stereocenters. The molecule has 7 nitrogen and oxygen atoms in total. The van der Waals surface area contributed by atoms with Crippen LogP contribution in [0.2, 0.25) is 0 Å². The van der Waals surface area contributed by atoms with Gasteiger partial charge in [0.2, 0.25) is 11.8 Å². The second-order valence-electron chi connectivity index (χ2n) is 7.20. The molecule has 1 aliphatic rings. The van der Waals surface area contributed by atoms with E-state index < -0.39 is 9.84 Å². The Bertz CT molecular complexity index is 752. The van der Waals surface area contributed by atoms with Crippen molar-refractivity contribution in [1.82, 2.24) is 14.7 Å². The van der Waals surface area contributed by atoms with Gasteiger partial charge in [-0.25, -0.2) is 8.42 Å². The lowest BCUT2D eigenvalue weighted by molar-refractivity contribution is -0.139. The summed E-state index contributed by atoms with van der Waals surface area (Å²) in [6, 6.07) is 6.66. The Hall–Kier alpha value is -1.93. The van der Waals surface area contributed by atoms with Crippen molar-refractivity contribution < 1.29 is 18.0 Å². The van der Waals surface area contributed by atoms with E-state index in [0.29, 0.717) is 39.1 Å². The number of rotatable bonds is 7. The number of nitrogens with zero attached hydrogens (tertiary/aromatic N) is 3. The Morgan fingerprint density at radius 3 is 1.89 bits per heavy atom. The fraction of sp³-hybridized carbons (Fsp3) is 0.579. The fourth-order valence-corrected chi connectivity index (χ4v) is 4.16. The fourth-order valence-electron chi connectivity index (χ4n) is 2.93. The van der Waals surface area contributed by atoms with E-state index in [1.807, 2.05) is 25.9 Å². The van der Waals surface area contributed by atoms with Crippen molar-refractivity contribution in [1.29, 1.82) is 0 Å². The predicted molar refractivity (Wildman–Crippen MR) is 104 cm³/mol. The summed E-state index contributed by atoms with van der Waals surface area (Å²) >= 11 is 0. The number of piperazine rings is 1. The molecule has 0 aromatic heterocycles. The molecular weight excluding hydrogens is 366 g/mol. The molecule has 0 spiro atoms. The summed E-state index contributed by atoms with van der Waals surface area (Å²) in [6.07, 6.45) is 0.431. The van der Waals surface area contributed by atoms with Gasteiger partial charge >= 0.3 is 0 Å². The van der Waals surface area contributed by atoms with Gasteiger partial charge in [-0.05, 0) is 33.2 Å². The van der Waals surface area contributed by atoms with Crippen LogP contribution in [0.4, 0.5) is 0 Å². The molecule has 0 saturated carbocycles. The lowest BCUT2D eigenvalue weighted by atomic mass is 10.2. The summed E-state index contributed by atoms with van der Waals surface area (Å²) in [5.74, 6) is -0.277. The van der Waals surface area contributed by atoms with E-state index in [4.69, 9.17) is 0 Å². The standard InChI is InChI=1S/C19H29N3O4S/c1-16-4-6-17(7-5-16)27(25,26)15-9-19(24)22-13-11-21(12-14-22)18(23)8-10-20(2)3/h4-7H,8-15H2,1-3H3. The highest BCUT2D eigenvalue weighted by Gasteiger charge is 2.25. The van der Waals surface area contributed by atoms with Gasteiger partial charge < -0.3 is 14.7 Å². The zero-order chi connectivity index (χ0) is 20.0. The quantitative estimate of drug-likeness (QED) is 0.682. The summed E-state index contributed by atoms with van der Waals surface area (Å²) in [4.78, 5) is 30.1. The summed E-state index contributed by atoms with van der Waals surface area (Å²) in [5.41, 5.74) is 0.989. The highest BCUT2D eigenvalue weighted by atomic mass is 32.2. The monoisotopic (exact) mass is 395 g/mol. The number of carbonyl (C=O) groups excluding carboxylic acids is 2. The molecule has 1 heterocycles. The third-order valence-corrected chi connectivity index (χ3v) is 6.45. The number of hydrogen-bond acceptors (Lipinski definition) is 5. The lowest BCUT2D eigenvalue weighted by Crippen LogP contribution is -2.51. The third kappa shape index (κ3) is 6.32. The van der Waals surface area contributed by atoms with Gasteiger partial charge in [-0.1, -0.05) is 17.7 Å². The number of carbonyl (C=O) groups is 2. The highest BCUT2D eigenvalue weighted by molar-refractivity contribution is 7.91. The van der Waals surface area contributed by atoms with Crippen LogP contribution in [0, 0.1) is 6.92 Å². The summed E-state index contributed by atoms with van der Waals surface area (Å²) in [7, 11) is 0.383. The van der Waals surface area contributed by atoms with E-state index in [-0.39, 0.29) is 28.9 Å². The maximum absolute atomic E-state index is 12.4. The number of hydrogen-bond donors (Lipinski definition) is 0.